The van der Waals surface area contributed by atoms with Gasteiger partial charge >= 0.3 is 12.7 Å². The molecule has 0 unspecified atom stereocenters. The molecule has 0 saturated carbocycles. The molecule has 2 aromatic rings. The van der Waals surface area contributed by atoms with E-state index < -0.39 is 24.0 Å². The molecule has 2 rings (SSSR count). The third-order valence-corrected chi connectivity index (χ3v) is 2.44. The number of rotatable bonds is 2. The number of hydrogen-bond acceptors (Lipinski definition) is 2. The second-order valence-corrected chi connectivity index (χ2v) is 3.72. The van der Waals surface area contributed by atoms with Gasteiger partial charge in [-0.2, -0.15) is 27.1 Å². The van der Waals surface area contributed by atoms with Gasteiger partial charge in [0.1, 0.15) is 5.75 Å². The van der Waals surface area contributed by atoms with Gasteiger partial charge in [-0.1, -0.05) is 0 Å². The van der Waals surface area contributed by atoms with Crippen molar-refractivity contribution in [2.45, 2.75) is 12.7 Å². The summed E-state index contributed by atoms with van der Waals surface area (Å²) >= 11 is 0. The van der Waals surface area contributed by atoms with E-state index in [1.165, 1.54) is 0 Å². The topological polar surface area (TPSA) is 38.1 Å². The number of hydrogen-bond donors (Lipinski definition) is 1. The fraction of sp³-hybridized carbons (Fsp3) is 0.182. The van der Waals surface area contributed by atoms with Gasteiger partial charge in [-0.05, 0) is 18.2 Å². The molecule has 0 aliphatic carbocycles. The fourth-order valence-corrected chi connectivity index (χ4v) is 1.54. The van der Waals surface area contributed by atoms with Gasteiger partial charge < -0.3 is 5.11 Å². The predicted octanol–water partition coefficient (Wildman–Crippen LogP) is 3.67. The summed E-state index contributed by atoms with van der Waals surface area (Å²) in [7, 11) is 0. The van der Waals surface area contributed by atoms with E-state index in [-0.39, 0.29) is 11.1 Å². The summed E-state index contributed by atoms with van der Waals surface area (Å²) in [4.78, 5) is 0. The lowest BCUT2D eigenvalue weighted by molar-refractivity contribution is -0.137. The van der Waals surface area contributed by atoms with Crippen LogP contribution in [0.1, 0.15) is 12.1 Å². The van der Waals surface area contributed by atoms with Crippen LogP contribution in [-0.4, -0.2) is 14.9 Å². The van der Waals surface area contributed by atoms with E-state index in [0.717, 1.165) is 24.5 Å². The smallest absolute Gasteiger partial charge is 0.416 e. The van der Waals surface area contributed by atoms with Crippen LogP contribution in [0.25, 0.3) is 11.1 Å². The lowest BCUT2D eigenvalue weighted by atomic mass is 10.1. The molecule has 0 atom stereocenters. The van der Waals surface area contributed by atoms with E-state index in [4.69, 9.17) is 0 Å². The number of halogens is 5. The van der Waals surface area contributed by atoms with Crippen molar-refractivity contribution in [1.29, 1.82) is 0 Å². The average molecular weight is 278 g/mol. The highest BCUT2D eigenvalue weighted by molar-refractivity contribution is 5.69. The number of phenols is 1. The molecule has 0 aliphatic heterocycles. The molecular weight excluding hydrogens is 271 g/mol. The highest BCUT2D eigenvalue weighted by Gasteiger charge is 2.31. The quantitative estimate of drug-likeness (QED) is 0.851. The summed E-state index contributed by atoms with van der Waals surface area (Å²) in [6.07, 6.45) is -2.61. The summed E-state index contributed by atoms with van der Waals surface area (Å²) in [5.41, 5.74) is -0.915. The average Bonchev–Trinajstić information content (AvgIpc) is 2.76. The lowest BCUT2D eigenvalue weighted by Gasteiger charge is -2.08. The normalized spacial score (nSPS) is 12.1. The molecule has 0 amide bonds. The Labute approximate surface area is 103 Å². The van der Waals surface area contributed by atoms with E-state index in [9.17, 15) is 27.1 Å². The summed E-state index contributed by atoms with van der Waals surface area (Å²) in [6, 6.07) is 2.30. The van der Waals surface area contributed by atoms with Gasteiger partial charge in [0.05, 0.1) is 11.8 Å². The largest absolute Gasteiger partial charge is 0.507 e. The van der Waals surface area contributed by atoms with Crippen LogP contribution < -0.4 is 0 Å². The Bertz CT molecular complexity index is 591. The number of aromatic hydroxyl groups is 1. The molecule has 0 radical (unpaired) electrons. The first kappa shape index (κ1) is 13.3. The molecule has 1 aromatic carbocycles. The Morgan fingerprint density at radius 2 is 1.89 bits per heavy atom. The molecule has 8 heteroatoms. The maximum absolute atomic E-state index is 12.4. The first-order valence-corrected chi connectivity index (χ1v) is 5.02. The Morgan fingerprint density at radius 1 is 1.21 bits per heavy atom. The third kappa shape index (κ3) is 2.67. The first-order valence-electron chi connectivity index (χ1n) is 5.02. The van der Waals surface area contributed by atoms with E-state index in [0.29, 0.717) is 10.7 Å². The Kier molecular flexibility index (Phi) is 3.17. The van der Waals surface area contributed by atoms with E-state index in [2.05, 4.69) is 5.10 Å². The molecular formula is C11H7F5N2O. The minimum atomic E-state index is -4.58. The maximum Gasteiger partial charge on any atom is 0.416 e. The molecule has 0 spiro atoms. The zero-order valence-corrected chi connectivity index (χ0v) is 9.20. The van der Waals surface area contributed by atoms with Gasteiger partial charge in [0.15, 0.2) is 0 Å². The van der Waals surface area contributed by atoms with Crippen molar-refractivity contribution in [1.82, 2.24) is 9.78 Å². The highest BCUT2D eigenvalue weighted by atomic mass is 19.4. The summed E-state index contributed by atoms with van der Waals surface area (Å²) in [5, 5.41) is 12.9. The molecule has 0 saturated heterocycles. The van der Waals surface area contributed by atoms with Crippen LogP contribution in [0.3, 0.4) is 0 Å². The van der Waals surface area contributed by atoms with Crippen molar-refractivity contribution in [3.05, 3.63) is 36.2 Å². The number of aromatic nitrogens is 2. The molecule has 1 heterocycles. The van der Waals surface area contributed by atoms with E-state index >= 15 is 0 Å². The zero-order valence-electron chi connectivity index (χ0n) is 9.20. The van der Waals surface area contributed by atoms with E-state index in [1.54, 1.807) is 0 Å². The summed E-state index contributed by atoms with van der Waals surface area (Å²) < 4.78 is 62.1. The molecule has 0 fully saturated rings. The molecule has 1 aromatic heterocycles. The van der Waals surface area contributed by atoms with Gasteiger partial charge in [-0.3, -0.25) is 0 Å². The summed E-state index contributed by atoms with van der Waals surface area (Å²) in [5.74, 6) is -0.649. The van der Waals surface area contributed by atoms with Gasteiger partial charge in [0.2, 0.25) is 0 Å². The van der Waals surface area contributed by atoms with Crippen molar-refractivity contribution < 1.29 is 27.1 Å². The second-order valence-electron chi connectivity index (χ2n) is 3.72. The number of nitrogens with zero attached hydrogens (tertiary/aromatic N) is 2. The second kappa shape index (κ2) is 4.52. The number of benzene rings is 1. The van der Waals surface area contributed by atoms with Crippen LogP contribution in [0.15, 0.2) is 30.6 Å². The van der Waals surface area contributed by atoms with Crippen LogP contribution >= 0.6 is 0 Å². The minimum absolute atomic E-state index is 0.0000926. The molecule has 0 bridgehead atoms. The lowest BCUT2D eigenvalue weighted by Crippen LogP contribution is -2.04. The van der Waals surface area contributed by atoms with E-state index in [1.807, 2.05) is 0 Å². The number of phenolic OH excluding ortho intramolecular Hbond substituents is 1. The first-order chi connectivity index (χ1) is 8.79. The molecule has 0 aliphatic rings. The maximum atomic E-state index is 12.4. The molecule has 3 nitrogen and oxygen atoms in total. The van der Waals surface area contributed by atoms with Crippen LogP contribution in [-0.2, 0) is 6.18 Å². The SMILES string of the molecule is Oc1cc(C(F)(F)F)ccc1-c1cnn(C(F)F)c1. The standard InChI is InChI=1S/C11H7F5N2O/c12-10(13)18-5-6(4-17-18)8-2-1-7(3-9(8)19)11(14,15)16/h1-5,10,19H. The molecule has 102 valence electrons. The molecule has 19 heavy (non-hydrogen) atoms. The van der Waals surface area contributed by atoms with Gasteiger partial charge in [-0.15, -0.1) is 0 Å². The Morgan fingerprint density at radius 3 is 2.37 bits per heavy atom. The fourth-order valence-electron chi connectivity index (χ4n) is 1.54. The van der Waals surface area contributed by atoms with Gasteiger partial charge in [0, 0.05) is 17.3 Å². The molecule has 1 N–H and O–H groups in total. The van der Waals surface area contributed by atoms with Crippen molar-refractivity contribution in [2.24, 2.45) is 0 Å². The number of alkyl halides is 5. The monoisotopic (exact) mass is 278 g/mol. The van der Waals surface area contributed by atoms with Crippen LogP contribution in [0.4, 0.5) is 22.0 Å². The predicted molar refractivity (Wildman–Crippen MR) is 55.6 cm³/mol. The van der Waals surface area contributed by atoms with Crippen molar-refractivity contribution >= 4 is 0 Å². The van der Waals surface area contributed by atoms with Crippen LogP contribution in [0.5, 0.6) is 5.75 Å². The zero-order chi connectivity index (χ0) is 14.2. The van der Waals surface area contributed by atoms with Gasteiger partial charge in [0.25, 0.3) is 0 Å². The van der Waals surface area contributed by atoms with Crippen LogP contribution in [0.2, 0.25) is 0 Å². The highest BCUT2D eigenvalue weighted by Crippen LogP contribution is 2.36. The Hall–Kier alpha value is -2.12. The minimum Gasteiger partial charge on any atom is -0.507 e. The Balaban J connectivity index is 2.40. The van der Waals surface area contributed by atoms with Gasteiger partial charge in [-0.25, -0.2) is 4.68 Å². The van der Waals surface area contributed by atoms with Crippen molar-refractivity contribution in [2.75, 3.05) is 0 Å². The summed E-state index contributed by atoms with van der Waals surface area (Å²) in [6.45, 7) is -2.86. The van der Waals surface area contributed by atoms with Crippen molar-refractivity contribution in [3.8, 4) is 16.9 Å². The van der Waals surface area contributed by atoms with Crippen LogP contribution in [0, 0.1) is 0 Å². The third-order valence-electron chi connectivity index (χ3n) is 2.44. The van der Waals surface area contributed by atoms with Crippen molar-refractivity contribution in [3.63, 3.8) is 0 Å².